The van der Waals surface area contributed by atoms with Crippen LogP contribution in [0.4, 0.5) is 10.6 Å². The first-order chi connectivity index (χ1) is 18.3. The van der Waals surface area contributed by atoms with Crippen molar-refractivity contribution in [3.05, 3.63) is 23.9 Å². The number of rotatable bonds is 12. The van der Waals surface area contributed by atoms with Crippen LogP contribution in [0.15, 0.2) is 18.3 Å². The molecule has 1 aromatic heterocycles. The van der Waals surface area contributed by atoms with Gasteiger partial charge in [0.2, 0.25) is 5.91 Å². The van der Waals surface area contributed by atoms with E-state index in [4.69, 9.17) is 4.74 Å². The van der Waals surface area contributed by atoms with E-state index in [0.29, 0.717) is 18.7 Å². The minimum atomic E-state index is -0.783. The molecule has 0 aromatic carbocycles. The molecule has 1 saturated heterocycles. The summed E-state index contributed by atoms with van der Waals surface area (Å²) in [5.41, 5.74) is 0.747. The molecule has 214 valence electrons. The highest BCUT2D eigenvalue weighted by Gasteiger charge is 2.29. The van der Waals surface area contributed by atoms with Crippen LogP contribution in [0.25, 0.3) is 0 Å². The summed E-state index contributed by atoms with van der Waals surface area (Å²) in [5, 5.41) is 8.53. The molecule has 1 saturated carbocycles. The highest BCUT2D eigenvalue weighted by molar-refractivity contribution is 5.95. The van der Waals surface area contributed by atoms with Crippen molar-refractivity contribution < 1.29 is 19.1 Å². The average molecular weight is 533 g/mol. The van der Waals surface area contributed by atoms with Gasteiger partial charge in [-0.05, 0) is 71.0 Å². The second kappa shape index (κ2) is 17.1. The Morgan fingerprint density at radius 1 is 1.24 bits per heavy atom. The molecule has 1 aliphatic heterocycles. The van der Waals surface area contributed by atoms with Crippen molar-refractivity contribution in [1.82, 2.24) is 25.8 Å². The number of pyridine rings is 1. The van der Waals surface area contributed by atoms with Gasteiger partial charge in [0.05, 0.1) is 6.61 Å². The SMILES string of the molecule is CC(C)N(CC1CCNCC1)C1CCC1.CNC(=O)C(CCC=O)NC(=O)N(C)c1ncccc1COC. The number of hydrogen-bond donors (Lipinski definition) is 3. The lowest BCUT2D eigenvalue weighted by Gasteiger charge is -2.42. The first kappa shape index (κ1) is 31.7. The standard InChI is InChI=1S/C15H22N4O4.C13H26N2/c1-16-14(21)12(7-5-9-20)18-15(22)19(2)13-11(10-23-3)6-4-8-17-13;1-11(2)15(13-4-3-5-13)10-12-6-8-14-9-7-12/h4,6,8-9,12H,5,7,10H2,1-3H3,(H,16,21)(H,18,22);11-14H,3-10H2,1-2H3. The Hall–Kier alpha value is -2.56. The number of hydrogen-bond acceptors (Lipinski definition) is 7. The Balaban J connectivity index is 0.000000290. The maximum Gasteiger partial charge on any atom is 0.323 e. The summed E-state index contributed by atoms with van der Waals surface area (Å²) < 4.78 is 5.09. The maximum atomic E-state index is 12.4. The number of aldehydes is 1. The predicted octanol–water partition coefficient (Wildman–Crippen LogP) is 2.72. The third-order valence-corrected chi connectivity index (χ3v) is 7.36. The van der Waals surface area contributed by atoms with Crippen molar-refractivity contribution in [1.29, 1.82) is 0 Å². The van der Waals surface area contributed by atoms with Gasteiger partial charge < -0.3 is 25.5 Å². The van der Waals surface area contributed by atoms with Crippen LogP contribution in [0.1, 0.15) is 64.4 Å². The second-order valence-corrected chi connectivity index (χ2v) is 10.4. The summed E-state index contributed by atoms with van der Waals surface area (Å²) in [6, 6.07) is 3.94. The molecule has 1 unspecified atom stereocenters. The Bertz CT molecular complexity index is 858. The number of amides is 3. The number of piperidine rings is 1. The number of aromatic nitrogens is 1. The third kappa shape index (κ3) is 9.96. The van der Waals surface area contributed by atoms with Gasteiger partial charge in [-0.25, -0.2) is 9.78 Å². The highest BCUT2D eigenvalue weighted by Crippen LogP contribution is 2.28. The molecule has 1 aliphatic carbocycles. The van der Waals surface area contributed by atoms with Crippen LogP contribution >= 0.6 is 0 Å². The summed E-state index contributed by atoms with van der Waals surface area (Å²) in [6.45, 7) is 8.86. The monoisotopic (exact) mass is 532 g/mol. The molecule has 2 heterocycles. The first-order valence-electron chi connectivity index (χ1n) is 13.9. The van der Waals surface area contributed by atoms with Crippen LogP contribution in [-0.4, -0.2) is 87.1 Å². The maximum absolute atomic E-state index is 12.4. The molecule has 3 amide bonds. The summed E-state index contributed by atoms with van der Waals surface area (Å²) >= 11 is 0. The molecule has 10 heteroatoms. The van der Waals surface area contributed by atoms with Gasteiger partial charge in [0.25, 0.3) is 0 Å². The molecule has 0 spiro atoms. The number of carbonyl (C=O) groups is 3. The van der Waals surface area contributed by atoms with Gasteiger partial charge in [-0.1, -0.05) is 12.5 Å². The van der Waals surface area contributed by atoms with Crippen molar-refractivity contribution >= 4 is 24.0 Å². The summed E-state index contributed by atoms with van der Waals surface area (Å²) in [4.78, 5) is 42.9. The highest BCUT2D eigenvalue weighted by atomic mass is 16.5. The van der Waals surface area contributed by atoms with Gasteiger partial charge in [0, 0.05) is 58.0 Å². The van der Waals surface area contributed by atoms with E-state index in [1.807, 2.05) is 0 Å². The lowest BCUT2D eigenvalue weighted by Crippen LogP contribution is -2.50. The fourth-order valence-corrected chi connectivity index (χ4v) is 4.88. The van der Waals surface area contributed by atoms with Crippen molar-refractivity contribution in [3.8, 4) is 0 Å². The van der Waals surface area contributed by atoms with Gasteiger partial charge in [-0.2, -0.15) is 0 Å². The van der Waals surface area contributed by atoms with E-state index in [-0.39, 0.29) is 18.7 Å². The lowest BCUT2D eigenvalue weighted by molar-refractivity contribution is -0.122. The number of likely N-dealkylation sites (N-methyl/N-ethyl adjacent to an activating group) is 1. The van der Waals surface area contributed by atoms with Gasteiger partial charge in [0.15, 0.2) is 0 Å². The minimum Gasteiger partial charge on any atom is -0.380 e. The zero-order valence-corrected chi connectivity index (χ0v) is 23.9. The summed E-state index contributed by atoms with van der Waals surface area (Å²) in [5.74, 6) is 1.04. The molecular formula is C28H48N6O4. The average Bonchev–Trinajstić information content (AvgIpc) is 2.90. The van der Waals surface area contributed by atoms with Crippen LogP contribution in [0, 0.1) is 5.92 Å². The number of urea groups is 1. The van der Waals surface area contributed by atoms with E-state index in [1.165, 1.54) is 63.7 Å². The zero-order chi connectivity index (χ0) is 27.9. The van der Waals surface area contributed by atoms with E-state index in [0.717, 1.165) is 23.6 Å². The number of carbonyl (C=O) groups excluding carboxylic acids is 3. The third-order valence-electron chi connectivity index (χ3n) is 7.36. The number of ether oxygens (including phenoxy) is 1. The normalized spacial score (nSPS) is 16.7. The van der Waals surface area contributed by atoms with Crippen LogP contribution in [-0.2, 0) is 20.9 Å². The molecule has 10 nitrogen and oxygen atoms in total. The fraction of sp³-hybridized carbons (Fsp3) is 0.714. The largest absolute Gasteiger partial charge is 0.380 e. The zero-order valence-electron chi connectivity index (χ0n) is 23.9. The quantitative estimate of drug-likeness (QED) is 0.355. The Morgan fingerprint density at radius 3 is 2.50 bits per heavy atom. The van der Waals surface area contributed by atoms with Gasteiger partial charge in [0.1, 0.15) is 18.1 Å². The van der Waals surface area contributed by atoms with E-state index in [1.54, 1.807) is 32.5 Å². The summed E-state index contributed by atoms with van der Waals surface area (Å²) in [6.07, 6.45) is 9.82. The molecular weight excluding hydrogens is 484 g/mol. The van der Waals surface area contributed by atoms with Crippen molar-refractivity contribution in [2.24, 2.45) is 5.92 Å². The molecule has 0 bridgehead atoms. The van der Waals surface area contributed by atoms with Crippen molar-refractivity contribution in [2.75, 3.05) is 45.7 Å². The molecule has 2 fully saturated rings. The van der Waals surface area contributed by atoms with Crippen molar-refractivity contribution in [2.45, 2.75) is 83.5 Å². The van der Waals surface area contributed by atoms with E-state index >= 15 is 0 Å². The van der Waals surface area contributed by atoms with Gasteiger partial charge in [-0.3, -0.25) is 14.6 Å². The molecule has 1 atom stereocenters. The van der Waals surface area contributed by atoms with Gasteiger partial charge in [-0.15, -0.1) is 0 Å². The fourth-order valence-electron chi connectivity index (χ4n) is 4.88. The topological polar surface area (TPSA) is 116 Å². The molecule has 38 heavy (non-hydrogen) atoms. The van der Waals surface area contributed by atoms with Crippen LogP contribution in [0.2, 0.25) is 0 Å². The Kier molecular flexibility index (Phi) is 14.3. The van der Waals surface area contributed by atoms with E-state index in [9.17, 15) is 14.4 Å². The summed E-state index contributed by atoms with van der Waals surface area (Å²) in [7, 11) is 4.58. The van der Waals surface area contributed by atoms with Gasteiger partial charge >= 0.3 is 6.03 Å². The van der Waals surface area contributed by atoms with Crippen molar-refractivity contribution in [3.63, 3.8) is 0 Å². The first-order valence-corrected chi connectivity index (χ1v) is 13.9. The van der Waals surface area contributed by atoms with Crippen LogP contribution in [0.5, 0.6) is 0 Å². The number of methoxy groups -OCH3 is 1. The Morgan fingerprint density at radius 2 is 1.95 bits per heavy atom. The van der Waals surface area contributed by atoms with E-state index < -0.39 is 12.1 Å². The molecule has 2 aliphatic rings. The minimum absolute atomic E-state index is 0.181. The molecule has 3 N–H and O–H groups in total. The van der Waals surface area contributed by atoms with Crippen LogP contribution in [0.3, 0.4) is 0 Å². The number of nitrogens with zero attached hydrogens (tertiary/aromatic N) is 3. The smallest absolute Gasteiger partial charge is 0.323 e. The predicted molar refractivity (Wildman–Crippen MR) is 150 cm³/mol. The Labute approximate surface area is 228 Å². The molecule has 3 rings (SSSR count). The number of nitrogens with one attached hydrogen (secondary N) is 3. The van der Waals surface area contributed by atoms with E-state index in [2.05, 4.69) is 39.7 Å². The molecule has 1 aromatic rings. The number of anilines is 1. The van der Waals surface area contributed by atoms with Crippen LogP contribution < -0.4 is 20.9 Å². The molecule has 0 radical (unpaired) electrons. The second-order valence-electron chi connectivity index (χ2n) is 10.4. The lowest BCUT2D eigenvalue weighted by atomic mass is 9.88.